The van der Waals surface area contributed by atoms with Gasteiger partial charge in [-0.15, -0.1) is 0 Å². The zero-order valence-electron chi connectivity index (χ0n) is 13.9. The maximum atomic E-state index is 12.8. The lowest BCUT2D eigenvalue weighted by molar-refractivity contribution is -0.386. The number of hydrogen-bond acceptors (Lipinski definition) is 6. The monoisotopic (exact) mass is 337 g/mol. The molecule has 0 aromatic carbocycles. The normalized spacial score (nSPS) is 12.3. The molecule has 0 aliphatic heterocycles. The Morgan fingerprint density at radius 1 is 1.42 bits per heavy atom. The summed E-state index contributed by atoms with van der Waals surface area (Å²) in [7, 11) is 2.97. The van der Waals surface area contributed by atoms with E-state index < -0.39 is 28.1 Å². The standard InChI is InChI=1S/C14H19N5O5/c1-5-6-17-11(10-7-15-16(3)8-10)12(19(22)23)13(20)18(14(17)21)9(2)24-4/h7-9H,5-6H2,1-4H3. The van der Waals surface area contributed by atoms with Crippen molar-refractivity contribution in [3.05, 3.63) is 43.3 Å². The van der Waals surface area contributed by atoms with Gasteiger partial charge in [0.05, 0.1) is 11.1 Å². The summed E-state index contributed by atoms with van der Waals surface area (Å²) >= 11 is 0. The summed E-state index contributed by atoms with van der Waals surface area (Å²) in [5, 5.41) is 15.5. The lowest BCUT2D eigenvalue weighted by Gasteiger charge is -2.17. The largest absolute Gasteiger partial charge is 0.361 e. The summed E-state index contributed by atoms with van der Waals surface area (Å²) in [4.78, 5) is 36.1. The summed E-state index contributed by atoms with van der Waals surface area (Å²) in [6, 6.07) is 0. The predicted molar refractivity (Wildman–Crippen MR) is 85.8 cm³/mol. The fraction of sp³-hybridized carbons (Fsp3) is 0.500. The highest BCUT2D eigenvalue weighted by Crippen LogP contribution is 2.26. The van der Waals surface area contributed by atoms with Crippen LogP contribution in [-0.2, 0) is 18.3 Å². The van der Waals surface area contributed by atoms with Gasteiger partial charge in [-0.25, -0.2) is 9.36 Å². The van der Waals surface area contributed by atoms with Crippen molar-refractivity contribution >= 4 is 5.69 Å². The number of rotatable bonds is 6. The molecule has 0 N–H and O–H groups in total. The summed E-state index contributed by atoms with van der Waals surface area (Å²) in [5.74, 6) is 0. The summed E-state index contributed by atoms with van der Waals surface area (Å²) in [6.07, 6.45) is 2.55. The van der Waals surface area contributed by atoms with E-state index in [1.165, 1.54) is 35.7 Å². The number of aryl methyl sites for hydroxylation is 1. The van der Waals surface area contributed by atoms with Crippen LogP contribution in [0.2, 0.25) is 0 Å². The SMILES string of the molecule is CCCn1c(-c2cnn(C)c2)c([N+](=O)[O-])c(=O)n(C(C)OC)c1=O. The molecule has 0 fully saturated rings. The number of nitrogens with zero attached hydrogens (tertiary/aromatic N) is 5. The Labute approximate surface area is 137 Å². The van der Waals surface area contributed by atoms with E-state index in [2.05, 4.69) is 5.10 Å². The highest BCUT2D eigenvalue weighted by atomic mass is 16.6. The molecule has 0 saturated carbocycles. The Balaban J connectivity index is 2.99. The van der Waals surface area contributed by atoms with E-state index in [4.69, 9.17) is 4.74 Å². The smallest absolute Gasteiger partial charge is 0.358 e. The lowest BCUT2D eigenvalue weighted by Crippen LogP contribution is -2.43. The van der Waals surface area contributed by atoms with Gasteiger partial charge in [-0.1, -0.05) is 6.92 Å². The first kappa shape index (κ1) is 17.6. The minimum atomic E-state index is -0.995. The van der Waals surface area contributed by atoms with Crippen LogP contribution in [0.25, 0.3) is 11.3 Å². The molecule has 24 heavy (non-hydrogen) atoms. The Morgan fingerprint density at radius 2 is 2.08 bits per heavy atom. The van der Waals surface area contributed by atoms with E-state index in [0.717, 1.165) is 4.57 Å². The molecule has 130 valence electrons. The van der Waals surface area contributed by atoms with E-state index in [0.29, 0.717) is 12.0 Å². The predicted octanol–water partition coefficient (Wildman–Crippen LogP) is 0.894. The Morgan fingerprint density at radius 3 is 2.54 bits per heavy atom. The average molecular weight is 337 g/mol. The van der Waals surface area contributed by atoms with Crippen LogP contribution in [0.5, 0.6) is 0 Å². The highest BCUT2D eigenvalue weighted by Gasteiger charge is 2.30. The van der Waals surface area contributed by atoms with Crippen LogP contribution >= 0.6 is 0 Å². The number of nitro groups is 1. The first-order chi connectivity index (χ1) is 11.3. The molecule has 0 bridgehead atoms. The summed E-state index contributed by atoms with van der Waals surface area (Å²) in [5.41, 5.74) is -2.01. The third-order valence-electron chi connectivity index (χ3n) is 3.67. The van der Waals surface area contributed by atoms with Crippen LogP contribution in [0.15, 0.2) is 22.0 Å². The molecule has 10 heteroatoms. The molecule has 1 unspecified atom stereocenters. The van der Waals surface area contributed by atoms with Crippen molar-refractivity contribution in [1.82, 2.24) is 18.9 Å². The fourth-order valence-corrected chi connectivity index (χ4v) is 2.51. The third-order valence-corrected chi connectivity index (χ3v) is 3.67. The maximum absolute atomic E-state index is 12.8. The second kappa shape index (κ2) is 6.79. The molecule has 0 spiro atoms. The number of hydrogen-bond donors (Lipinski definition) is 0. The van der Waals surface area contributed by atoms with Gasteiger partial charge in [0.2, 0.25) is 0 Å². The quantitative estimate of drug-likeness (QED) is 0.571. The van der Waals surface area contributed by atoms with Gasteiger partial charge in [-0.3, -0.25) is 24.2 Å². The topological polar surface area (TPSA) is 114 Å². The van der Waals surface area contributed by atoms with Crippen molar-refractivity contribution in [3.8, 4) is 11.3 Å². The van der Waals surface area contributed by atoms with Gasteiger partial charge >= 0.3 is 16.9 Å². The third kappa shape index (κ3) is 2.87. The molecule has 10 nitrogen and oxygen atoms in total. The average Bonchev–Trinajstić information content (AvgIpc) is 2.95. The van der Waals surface area contributed by atoms with Gasteiger partial charge in [-0.05, 0) is 13.3 Å². The van der Waals surface area contributed by atoms with E-state index in [-0.39, 0.29) is 12.2 Å². The van der Waals surface area contributed by atoms with Crippen LogP contribution in [-0.4, -0.2) is 30.9 Å². The molecule has 0 radical (unpaired) electrons. The number of methoxy groups -OCH3 is 1. The van der Waals surface area contributed by atoms with E-state index >= 15 is 0 Å². The molecule has 1 atom stereocenters. The molecule has 0 aliphatic carbocycles. The molecule has 2 heterocycles. The molecule has 2 aromatic rings. The van der Waals surface area contributed by atoms with Gasteiger partial charge in [0, 0.05) is 32.5 Å². The number of aromatic nitrogens is 4. The van der Waals surface area contributed by atoms with Gasteiger partial charge < -0.3 is 4.74 Å². The molecule has 2 aromatic heterocycles. The number of ether oxygens (including phenoxy) is 1. The summed E-state index contributed by atoms with van der Waals surface area (Å²) in [6.45, 7) is 3.54. The van der Waals surface area contributed by atoms with Crippen molar-refractivity contribution in [2.24, 2.45) is 7.05 Å². The minimum absolute atomic E-state index is 0.0375. The highest BCUT2D eigenvalue weighted by molar-refractivity contribution is 5.68. The Bertz CT molecular complexity index is 879. The van der Waals surface area contributed by atoms with Crippen LogP contribution in [0.3, 0.4) is 0 Å². The van der Waals surface area contributed by atoms with Gasteiger partial charge in [0.25, 0.3) is 0 Å². The maximum Gasteiger partial charge on any atom is 0.358 e. The second-order valence-electron chi connectivity index (χ2n) is 5.30. The van der Waals surface area contributed by atoms with Gasteiger partial charge in [-0.2, -0.15) is 5.10 Å². The summed E-state index contributed by atoms with van der Waals surface area (Å²) < 4.78 is 8.46. The van der Waals surface area contributed by atoms with Crippen LogP contribution in [0.1, 0.15) is 26.5 Å². The fourth-order valence-electron chi connectivity index (χ4n) is 2.51. The Hall–Kier alpha value is -2.75. The van der Waals surface area contributed by atoms with Crippen molar-refractivity contribution in [2.45, 2.75) is 33.0 Å². The second-order valence-corrected chi connectivity index (χ2v) is 5.30. The van der Waals surface area contributed by atoms with Crippen molar-refractivity contribution < 1.29 is 9.66 Å². The zero-order valence-corrected chi connectivity index (χ0v) is 13.9. The molecular formula is C14H19N5O5. The molecule has 2 rings (SSSR count). The minimum Gasteiger partial charge on any atom is -0.361 e. The Kier molecular flexibility index (Phi) is 4.98. The van der Waals surface area contributed by atoms with Crippen LogP contribution in [0.4, 0.5) is 5.69 Å². The molecule has 0 amide bonds. The molecular weight excluding hydrogens is 318 g/mol. The van der Waals surface area contributed by atoms with Crippen LogP contribution < -0.4 is 11.2 Å². The van der Waals surface area contributed by atoms with E-state index in [1.807, 2.05) is 6.92 Å². The first-order valence-corrected chi connectivity index (χ1v) is 7.39. The van der Waals surface area contributed by atoms with Crippen molar-refractivity contribution in [1.29, 1.82) is 0 Å². The first-order valence-electron chi connectivity index (χ1n) is 7.39. The van der Waals surface area contributed by atoms with Gasteiger partial charge in [0.1, 0.15) is 11.9 Å². The van der Waals surface area contributed by atoms with Crippen LogP contribution in [0, 0.1) is 10.1 Å². The lowest BCUT2D eigenvalue weighted by atomic mass is 10.2. The zero-order chi connectivity index (χ0) is 18.0. The van der Waals surface area contributed by atoms with Crippen molar-refractivity contribution in [2.75, 3.05) is 7.11 Å². The van der Waals surface area contributed by atoms with Gasteiger partial charge in [0.15, 0.2) is 0 Å². The van der Waals surface area contributed by atoms with E-state index in [1.54, 1.807) is 7.05 Å². The van der Waals surface area contributed by atoms with E-state index in [9.17, 15) is 19.7 Å². The molecule has 0 aliphatic rings. The van der Waals surface area contributed by atoms with Crippen molar-refractivity contribution in [3.63, 3.8) is 0 Å². The molecule has 0 saturated heterocycles.